The summed E-state index contributed by atoms with van der Waals surface area (Å²) >= 11 is 7.24. The zero-order valence-electron chi connectivity index (χ0n) is 15.6. The Morgan fingerprint density at radius 3 is 2.81 bits per heavy atom. The molecule has 1 N–H and O–H groups in total. The maximum absolute atomic E-state index is 11.8. The Balaban J connectivity index is 2.10. The summed E-state index contributed by atoms with van der Waals surface area (Å²) in [4.78, 5) is 16.3. The monoisotopic (exact) mass is 408 g/mol. The minimum atomic E-state index is -0.566. The van der Waals surface area contributed by atoms with Crippen molar-refractivity contribution in [1.82, 2.24) is 15.5 Å². The molecule has 0 saturated carbocycles. The minimum absolute atomic E-state index is 0.235. The van der Waals surface area contributed by atoms with Gasteiger partial charge in [-0.15, -0.1) is 0 Å². The number of pyridine rings is 1. The zero-order chi connectivity index (χ0) is 20.0. The van der Waals surface area contributed by atoms with E-state index in [1.165, 1.54) is 11.8 Å². The highest BCUT2D eigenvalue weighted by molar-refractivity contribution is 7.99. The third-order valence-corrected chi connectivity index (χ3v) is 4.73. The smallest absolute Gasteiger partial charge is 0.407 e. The van der Waals surface area contributed by atoms with E-state index >= 15 is 0 Å². The van der Waals surface area contributed by atoms with Crippen LogP contribution in [0.2, 0.25) is 5.15 Å². The molecule has 0 unspecified atom stereocenters. The number of amides is 1. The predicted octanol–water partition coefficient (Wildman–Crippen LogP) is 4.65. The maximum Gasteiger partial charge on any atom is 0.407 e. The number of hydrogen-bond acceptors (Lipinski definition) is 7. The standard InChI is InChI=1S/C18H21ClN4O3S/c1-11-5-6-12(10-20)16(22-11)27-14(13-9-15(19)23-26-13)7-8-21-17(24)25-18(2,3)4/h5-6,9,14H,7-8H2,1-4H3,(H,21,24)/t14-/m1/s1. The molecular weight excluding hydrogens is 388 g/mol. The van der Waals surface area contributed by atoms with Crippen molar-refractivity contribution in [3.8, 4) is 6.07 Å². The van der Waals surface area contributed by atoms with Gasteiger partial charge < -0.3 is 14.6 Å². The van der Waals surface area contributed by atoms with Gasteiger partial charge in [0.1, 0.15) is 16.7 Å². The van der Waals surface area contributed by atoms with E-state index in [-0.39, 0.29) is 10.4 Å². The largest absolute Gasteiger partial charge is 0.444 e. The topological polar surface area (TPSA) is 101 Å². The molecule has 0 aromatic carbocycles. The number of carbonyl (C=O) groups excluding carboxylic acids is 1. The lowest BCUT2D eigenvalue weighted by Gasteiger charge is -2.20. The van der Waals surface area contributed by atoms with Crippen molar-refractivity contribution >= 4 is 29.5 Å². The number of aryl methyl sites for hydroxylation is 1. The van der Waals surface area contributed by atoms with Crippen LogP contribution in [-0.4, -0.2) is 28.4 Å². The molecule has 0 radical (unpaired) electrons. The molecular formula is C18H21ClN4O3S. The number of nitrogens with one attached hydrogen (secondary N) is 1. The molecule has 0 fully saturated rings. The number of alkyl carbamates (subject to hydrolysis) is 1. The van der Waals surface area contributed by atoms with E-state index in [9.17, 15) is 10.1 Å². The van der Waals surface area contributed by atoms with Crippen LogP contribution in [0.1, 0.15) is 49.5 Å². The maximum atomic E-state index is 11.8. The Hall–Kier alpha value is -2.24. The van der Waals surface area contributed by atoms with Crippen LogP contribution in [-0.2, 0) is 4.74 Å². The lowest BCUT2D eigenvalue weighted by Crippen LogP contribution is -2.33. The summed E-state index contributed by atoms with van der Waals surface area (Å²) < 4.78 is 10.5. The predicted molar refractivity (Wildman–Crippen MR) is 103 cm³/mol. The fraction of sp³-hybridized carbons (Fsp3) is 0.444. The van der Waals surface area contributed by atoms with E-state index in [2.05, 4.69) is 21.5 Å². The third kappa shape index (κ3) is 6.77. The van der Waals surface area contributed by atoms with Crippen molar-refractivity contribution in [2.24, 2.45) is 0 Å². The van der Waals surface area contributed by atoms with E-state index in [1.807, 2.05) is 6.92 Å². The first-order valence-electron chi connectivity index (χ1n) is 8.31. The van der Waals surface area contributed by atoms with Crippen LogP contribution in [0.15, 0.2) is 27.7 Å². The van der Waals surface area contributed by atoms with Crippen LogP contribution in [0.3, 0.4) is 0 Å². The first kappa shape index (κ1) is 21.1. The van der Waals surface area contributed by atoms with Crippen LogP contribution < -0.4 is 5.32 Å². The number of thioether (sulfide) groups is 1. The molecule has 0 saturated heterocycles. The van der Waals surface area contributed by atoms with Crippen molar-refractivity contribution in [3.63, 3.8) is 0 Å². The van der Waals surface area contributed by atoms with Crippen LogP contribution in [0.4, 0.5) is 4.79 Å². The molecule has 0 bridgehead atoms. The SMILES string of the molecule is Cc1ccc(C#N)c(S[C@H](CCNC(=O)OC(C)(C)C)c2cc(Cl)no2)n1. The van der Waals surface area contributed by atoms with E-state index in [1.54, 1.807) is 39.0 Å². The van der Waals surface area contributed by atoms with Gasteiger partial charge in [-0.05, 0) is 46.2 Å². The summed E-state index contributed by atoms with van der Waals surface area (Å²) in [5.41, 5.74) is 0.711. The lowest BCUT2D eigenvalue weighted by molar-refractivity contribution is 0.0527. The Morgan fingerprint density at radius 2 is 2.22 bits per heavy atom. The van der Waals surface area contributed by atoms with Gasteiger partial charge in [0.15, 0.2) is 10.9 Å². The van der Waals surface area contributed by atoms with Crippen molar-refractivity contribution in [1.29, 1.82) is 5.26 Å². The van der Waals surface area contributed by atoms with Gasteiger partial charge in [0.25, 0.3) is 0 Å². The average molecular weight is 409 g/mol. The highest BCUT2D eigenvalue weighted by Gasteiger charge is 2.22. The van der Waals surface area contributed by atoms with Gasteiger partial charge in [-0.2, -0.15) is 5.26 Å². The Bertz CT molecular complexity index is 842. The van der Waals surface area contributed by atoms with Gasteiger partial charge in [0.2, 0.25) is 0 Å². The van der Waals surface area contributed by atoms with E-state index < -0.39 is 11.7 Å². The molecule has 1 atom stereocenters. The molecule has 2 heterocycles. The molecule has 7 nitrogen and oxygen atoms in total. The van der Waals surface area contributed by atoms with Crippen molar-refractivity contribution < 1.29 is 14.1 Å². The summed E-state index contributed by atoms with van der Waals surface area (Å²) in [5, 5.41) is 16.3. The second-order valence-corrected chi connectivity index (χ2v) is 8.37. The molecule has 0 aliphatic rings. The van der Waals surface area contributed by atoms with Crippen LogP contribution >= 0.6 is 23.4 Å². The average Bonchev–Trinajstić information content (AvgIpc) is 2.99. The van der Waals surface area contributed by atoms with Crippen molar-refractivity contribution in [2.45, 2.75) is 50.0 Å². The van der Waals surface area contributed by atoms with Gasteiger partial charge in [-0.25, -0.2) is 9.78 Å². The second kappa shape index (κ2) is 9.11. The summed E-state index contributed by atoms with van der Waals surface area (Å²) in [6.45, 7) is 7.60. The molecule has 9 heteroatoms. The third-order valence-electron chi connectivity index (χ3n) is 3.27. The number of nitriles is 1. The molecule has 2 aromatic rings. The summed E-state index contributed by atoms with van der Waals surface area (Å²) in [5.74, 6) is 0.545. The Kier molecular flexibility index (Phi) is 7.11. The van der Waals surface area contributed by atoms with Crippen molar-refractivity contribution in [3.05, 3.63) is 40.4 Å². The first-order valence-corrected chi connectivity index (χ1v) is 9.57. The quantitative estimate of drug-likeness (QED) is 0.694. The Labute approximate surface area is 167 Å². The molecule has 0 spiro atoms. The summed E-state index contributed by atoms with van der Waals surface area (Å²) in [6, 6.07) is 7.27. The number of carbonyl (C=O) groups is 1. The molecule has 0 aliphatic carbocycles. The highest BCUT2D eigenvalue weighted by Crippen LogP contribution is 2.39. The van der Waals surface area contributed by atoms with Crippen LogP contribution in [0, 0.1) is 18.3 Å². The van der Waals surface area contributed by atoms with Gasteiger partial charge >= 0.3 is 6.09 Å². The van der Waals surface area contributed by atoms with Gasteiger partial charge in [-0.1, -0.05) is 28.5 Å². The van der Waals surface area contributed by atoms with Crippen LogP contribution in [0.25, 0.3) is 0 Å². The van der Waals surface area contributed by atoms with Gasteiger partial charge in [-0.3, -0.25) is 0 Å². The fourth-order valence-corrected chi connectivity index (χ4v) is 3.45. The lowest BCUT2D eigenvalue weighted by atomic mass is 10.2. The first-order chi connectivity index (χ1) is 12.7. The zero-order valence-corrected chi connectivity index (χ0v) is 17.1. The number of hydrogen-bond donors (Lipinski definition) is 1. The molecule has 144 valence electrons. The minimum Gasteiger partial charge on any atom is -0.444 e. The summed E-state index contributed by atoms with van der Waals surface area (Å²) in [6.07, 6.45) is 0.0175. The van der Waals surface area contributed by atoms with Gasteiger partial charge in [0.05, 0.1) is 10.8 Å². The summed E-state index contributed by atoms with van der Waals surface area (Å²) in [7, 11) is 0. The van der Waals surface area contributed by atoms with Crippen LogP contribution in [0.5, 0.6) is 0 Å². The molecule has 2 aromatic heterocycles. The van der Waals surface area contributed by atoms with Gasteiger partial charge in [0, 0.05) is 18.3 Å². The highest BCUT2D eigenvalue weighted by atomic mass is 35.5. The molecule has 27 heavy (non-hydrogen) atoms. The van der Waals surface area contributed by atoms with Crippen molar-refractivity contribution in [2.75, 3.05) is 6.54 Å². The molecule has 1 amide bonds. The normalized spacial score (nSPS) is 12.3. The van der Waals surface area contributed by atoms with E-state index in [4.69, 9.17) is 20.9 Å². The number of ether oxygens (including phenoxy) is 1. The second-order valence-electron chi connectivity index (χ2n) is 6.79. The molecule has 0 aliphatic heterocycles. The number of halogens is 1. The number of rotatable bonds is 6. The number of nitrogens with zero attached hydrogens (tertiary/aromatic N) is 3. The fourth-order valence-electron chi connectivity index (χ4n) is 2.14. The molecule has 2 rings (SSSR count). The van der Waals surface area contributed by atoms with E-state index in [0.717, 1.165) is 5.69 Å². The van der Waals surface area contributed by atoms with E-state index in [0.29, 0.717) is 29.3 Å². The Morgan fingerprint density at radius 1 is 1.48 bits per heavy atom. The number of aromatic nitrogens is 2.